The van der Waals surface area contributed by atoms with Crippen molar-refractivity contribution in [3.05, 3.63) is 0 Å². The predicted molar refractivity (Wildman–Crippen MR) is 97.8 cm³/mol. The van der Waals surface area contributed by atoms with E-state index in [4.69, 9.17) is 23.7 Å². The van der Waals surface area contributed by atoms with Crippen molar-refractivity contribution in [3.63, 3.8) is 0 Å². The highest BCUT2D eigenvalue weighted by atomic mass is 16.6. The van der Waals surface area contributed by atoms with Crippen molar-refractivity contribution < 1.29 is 28.5 Å². The molecule has 0 saturated heterocycles. The first-order valence-corrected chi connectivity index (χ1v) is 9.62. The van der Waals surface area contributed by atoms with Crippen molar-refractivity contribution in [3.8, 4) is 0 Å². The van der Waals surface area contributed by atoms with Crippen molar-refractivity contribution in [2.24, 2.45) is 5.92 Å². The minimum Gasteiger partial charge on any atom is -0.465 e. The molecule has 0 fully saturated rings. The fourth-order valence-electron chi connectivity index (χ4n) is 2.18. The van der Waals surface area contributed by atoms with Crippen LogP contribution in [0.2, 0.25) is 0 Å². The fraction of sp³-hybridized carbons (Fsp3) is 0.947. The second-order valence-corrected chi connectivity index (χ2v) is 6.03. The van der Waals surface area contributed by atoms with Crippen LogP contribution < -0.4 is 0 Å². The summed E-state index contributed by atoms with van der Waals surface area (Å²) in [7, 11) is 1.65. The van der Waals surface area contributed by atoms with E-state index in [1.807, 2.05) is 0 Å². The number of methoxy groups -OCH3 is 1. The summed E-state index contributed by atoms with van der Waals surface area (Å²) in [6, 6.07) is 0. The van der Waals surface area contributed by atoms with E-state index in [0.717, 1.165) is 12.8 Å². The molecule has 0 bridgehead atoms. The zero-order chi connectivity index (χ0) is 18.6. The monoisotopic (exact) mass is 362 g/mol. The molecule has 0 amide bonds. The lowest BCUT2D eigenvalue weighted by Gasteiger charge is -2.14. The first kappa shape index (κ1) is 24.3. The van der Waals surface area contributed by atoms with Gasteiger partial charge in [-0.05, 0) is 18.8 Å². The highest BCUT2D eigenvalue weighted by Crippen LogP contribution is 2.13. The Hall–Kier alpha value is -0.690. The topological polar surface area (TPSA) is 63.2 Å². The highest BCUT2D eigenvalue weighted by molar-refractivity contribution is 5.69. The Morgan fingerprint density at radius 2 is 1.44 bits per heavy atom. The third-order valence-corrected chi connectivity index (χ3v) is 3.87. The number of hydrogen-bond donors (Lipinski definition) is 0. The average Bonchev–Trinajstić information content (AvgIpc) is 2.62. The SMILES string of the molecule is CCCCC(CC)COC(=O)CCCOCCOCCOCCOC. The van der Waals surface area contributed by atoms with Gasteiger partial charge < -0.3 is 23.7 Å². The Bertz CT molecular complexity index is 285. The first-order chi connectivity index (χ1) is 12.2. The van der Waals surface area contributed by atoms with Crippen LogP contribution in [0.5, 0.6) is 0 Å². The van der Waals surface area contributed by atoms with Gasteiger partial charge in [0, 0.05) is 20.1 Å². The molecule has 0 saturated carbocycles. The molecule has 0 aromatic heterocycles. The van der Waals surface area contributed by atoms with E-state index in [1.165, 1.54) is 12.8 Å². The summed E-state index contributed by atoms with van der Waals surface area (Å²) < 4.78 is 26.3. The van der Waals surface area contributed by atoms with Crippen molar-refractivity contribution in [1.82, 2.24) is 0 Å². The molecule has 0 N–H and O–H groups in total. The highest BCUT2D eigenvalue weighted by Gasteiger charge is 2.09. The Morgan fingerprint density at radius 3 is 2.00 bits per heavy atom. The molecule has 0 aromatic rings. The molecule has 0 spiro atoms. The van der Waals surface area contributed by atoms with Gasteiger partial charge in [0.25, 0.3) is 0 Å². The molecule has 0 aliphatic heterocycles. The smallest absolute Gasteiger partial charge is 0.305 e. The van der Waals surface area contributed by atoms with Gasteiger partial charge >= 0.3 is 5.97 Å². The molecule has 0 aliphatic carbocycles. The summed E-state index contributed by atoms with van der Waals surface area (Å²) in [5, 5.41) is 0. The van der Waals surface area contributed by atoms with Crippen molar-refractivity contribution in [1.29, 1.82) is 0 Å². The second kappa shape index (κ2) is 19.6. The molecule has 150 valence electrons. The molecule has 0 radical (unpaired) electrons. The number of unbranched alkanes of at least 4 members (excludes halogenated alkanes) is 1. The standard InChI is InChI=1S/C19H38O6/c1-4-6-8-18(5-2)17-25-19(20)9-7-10-22-13-14-24-16-15-23-12-11-21-3/h18H,4-17H2,1-3H3. The summed E-state index contributed by atoms with van der Waals surface area (Å²) in [5.41, 5.74) is 0. The molecule has 0 heterocycles. The predicted octanol–water partition coefficient (Wildman–Crippen LogP) is 3.22. The van der Waals surface area contributed by atoms with E-state index in [1.54, 1.807) is 7.11 Å². The maximum absolute atomic E-state index is 11.7. The van der Waals surface area contributed by atoms with Crippen LogP contribution in [0.25, 0.3) is 0 Å². The van der Waals surface area contributed by atoms with Crippen LogP contribution in [0.15, 0.2) is 0 Å². The Morgan fingerprint density at radius 1 is 0.840 bits per heavy atom. The first-order valence-electron chi connectivity index (χ1n) is 9.62. The van der Waals surface area contributed by atoms with Crippen LogP contribution in [-0.2, 0) is 28.5 Å². The van der Waals surface area contributed by atoms with Crippen molar-refractivity contribution in [2.45, 2.75) is 52.4 Å². The largest absolute Gasteiger partial charge is 0.465 e. The van der Waals surface area contributed by atoms with Gasteiger partial charge in [0.05, 0.1) is 46.2 Å². The van der Waals surface area contributed by atoms with Crippen LogP contribution in [-0.4, -0.2) is 65.9 Å². The zero-order valence-electron chi connectivity index (χ0n) is 16.4. The lowest BCUT2D eigenvalue weighted by Crippen LogP contribution is -2.14. The average molecular weight is 363 g/mol. The normalized spacial score (nSPS) is 12.3. The van der Waals surface area contributed by atoms with E-state index in [9.17, 15) is 4.79 Å². The molecular formula is C19H38O6. The van der Waals surface area contributed by atoms with Crippen LogP contribution in [0.3, 0.4) is 0 Å². The molecular weight excluding hydrogens is 324 g/mol. The number of carbonyl (C=O) groups is 1. The van der Waals surface area contributed by atoms with E-state index >= 15 is 0 Å². The van der Waals surface area contributed by atoms with Gasteiger partial charge in [-0.1, -0.05) is 33.1 Å². The van der Waals surface area contributed by atoms with E-state index in [-0.39, 0.29) is 5.97 Å². The summed E-state index contributed by atoms with van der Waals surface area (Å²) in [5.74, 6) is 0.374. The van der Waals surface area contributed by atoms with Crippen LogP contribution in [0.1, 0.15) is 52.4 Å². The van der Waals surface area contributed by atoms with Crippen LogP contribution in [0.4, 0.5) is 0 Å². The summed E-state index contributed by atoms with van der Waals surface area (Å²) in [6.07, 6.45) is 5.69. The molecule has 25 heavy (non-hydrogen) atoms. The van der Waals surface area contributed by atoms with Gasteiger partial charge in [-0.2, -0.15) is 0 Å². The third kappa shape index (κ3) is 17.9. The summed E-state index contributed by atoms with van der Waals surface area (Å²) in [6.45, 7) is 8.80. The second-order valence-electron chi connectivity index (χ2n) is 6.03. The van der Waals surface area contributed by atoms with E-state index in [0.29, 0.717) is 71.6 Å². The molecule has 1 unspecified atom stereocenters. The maximum atomic E-state index is 11.7. The Labute approximate surface area is 153 Å². The van der Waals surface area contributed by atoms with Crippen molar-refractivity contribution in [2.75, 3.05) is 60.0 Å². The van der Waals surface area contributed by atoms with Gasteiger partial charge in [0.1, 0.15) is 0 Å². The minimum atomic E-state index is -0.122. The number of hydrogen-bond acceptors (Lipinski definition) is 6. The summed E-state index contributed by atoms with van der Waals surface area (Å²) >= 11 is 0. The quantitative estimate of drug-likeness (QED) is 0.260. The number of esters is 1. The van der Waals surface area contributed by atoms with Crippen LogP contribution in [0, 0.1) is 5.92 Å². The molecule has 6 heteroatoms. The van der Waals surface area contributed by atoms with Gasteiger partial charge in [0.2, 0.25) is 0 Å². The maximum Gasteiger partial charge on any atom is 0.305 e. The Kier molecular flexibility index (Phi) is 19.1. The lowest BCUT2D eigenvalue weighted by atomic mass is 10.0. The summed E-state index contributed by atoms with van der Waals surface area (Å²) in [4.78, 5) is 11.7. The molecule has 0 rings (SSSR count). The number of rotatable bonds is 19. The van der Waals surface area contributed by atoms with E-state index in [2.05, 4.69) is 13.8 Å². The zero-order valence-corrected chi connectivity index (χ0v) is 16.4. The fourth-order valence-corrected chi connectivity index (χ4v) is 2.18. The molecule has 1 atom stereocenters. The van der Waals surface area contributed by atoms with Crippen LogP contribution >= 0.6 is 0 Å². The third-order valence-electron chi connectivity index (χ3n) is 3.87. The van der Waals surface area contributed by atoms with Crippen molar-refractivity contribution >= 4 is 5.97 Å². The molecule has 0 aromatic carbocycles. The number of carbonyl (C=O) groups excluding carboxylic acids is 1. The molecule has 0 aliphatic rings. The Balaban J connectivity index is 3.31. The van der Waals surface area contributed by atoms with E-state index < -0.39 is 0 Å². The van der Waals surface area contributed by atoms with Gasteiger partial charge in [-0.15, -0.1) is 0 Å². The van der Waals surface area contributed by atoms with Gasteiger partial charge in [-0.25, -0.2) is 0 Å². The molecule has 6 nitrogen and oxygen atoms in total. The minimum absolute atomic E-state index is 0.122. The van der Waals surface area contributed by atoms with Gasteiger partial charge in [0.15, 0.2) is 0 Å². The lowest BCUT2D eigenvalue weighted by molar-refractivity contribution is -0.145. The number of ether oxygens (including phenoxy) is 5. The van der Waals surface area contributed by atoms with Gasteiger partial charge in [-0.3, -0.25) is 4.79 Å².